The number of aromatic nitrogens is 2. The van der Waals surface area contributed by atoms with Crippen molar-refractivity contribution in [3.05, 3.63) is 112 Å². The summed E-state index contributed by atoms with van der Waals surface area (Å²) in [5.41, 5.74) is 8.39. The fraction of sp³-hybridized carbons (Fsp3) is 0.257. The van der Waals surface area contributed by atoms with Crippen molar-refractivity contribution in [2.45, 2.75) is 59.3 Å². The average Bonchev–Trinajstić information content (AvgIpc) is 2.91. The summed E-state index contributed by atoms with van der Waals surface area (Å²) < 4.78 is 0. The molecule has 0 spiro atoms. The van der Waals surface area contributed by atoms with Gasteiger partial charge in [-0.3, -0.25) is 15.1 Å². The Morgan fingerprint density at radius 1 is 0.675 bits per heavy atom. The van der Waals surface area contributed by atoms with Crippen molar-refractivity contribution in [3.63, 3.8) is 0 Å². The van der Waals surface area contributed by atoms with Gasteiger partial charge in [-0.05, 0) is 69.2 Å². The number of hydrogen-bond donors (Lipinski definition) is 0. The fourth-order valence-electron chi connectivity index (χ4n) is 4.85. The predicted octanol–water partition coefficient (Wildman–Crippen LogP) is 9.44. The molecule has 5 rings (SSSR count). The Morgan fingerprint density at radius 2 is 1.27 bits per heavy atom. The van der Waals surface area contributed by atoms with Crippen LogP contribution in [0.3, 0.4) is 0 Å². The molecule has 2 heterocycles. The topological polar surface area (TPSA) is 68.9 Å². The summed E-state index contributed by atoms with van der Waals surface area (Å²) in [6, 6.07) is 26.1. The molecule has 0 bridgehead atoms. The van der Waals surface area contributed by atoms with E-state index in [1.54, 1.807) is 12.1 Å². The van der Waals surface area contributed by atoms with E-state index in [1.165, 1.54) is 17.2 Å². The molecular formula is C35H35N3O2. The molecule has 202 valence electrons. The van der Waals surface area contributed by atoms with Gasteiger partial charge in [0.2, 0.25) is 0 Å². The lowest BCUT2D eigenvalue weighted by Gasteiger charge is -2.26. The van der Waals surface area contributed by atoms with Crippen molar-refractivity contribution in [2.24, 2.45) is 0 Å². The monoisotopic (exact) mass is 529 g/mol. The van der Waals surface area contributed by atoms with E-state index < -0.39 is 0 Å². The van der Waals surface area contributed by atoms with E-state index in [-0.39, 0.29) is 21.4 Å². The van der Waals surface area contributed by atoms with Crippen molar-refractivity contribution in [3.8, 4) is 33.8 Å². The van der Waals surface area contributed by atoms with Crippen molar-refractivity contribution in [2.75, 3.05) is 0 Å². The first-order valence-corrected chi connectivity index (χ1v) is 13.6. The molecule has 0 aliphatic carbocycles. The van der Waals surface area contributed by atoms with E-state index in [4.69, 9.17) is 9.97 Å². The maximum Gasteiger partial charge on any atom is 0.270 e. The SMILES string of the molecule is Cc1ccc([N+](=O)[O-])cc1-c1cc(-c2cc(C(C)(C)C)cc(C(C)(C)C)c2)cc(-c2cc3ccccc3cn2)n1. The van der Waals surface area contributed by atoms with Crippen molar-refractivity contribution in [1.29, 1.82) is 0 Å². The van der Waals surface area contributed by atoms with Crippen LogP contribution in [0.25, 0.3) is 44.5 Å². The molecule has 40 heavy (non-hydrogen) atoms. The molecule has 0 aliphatic heterocycles. The molecule has 5 heteroatoms. The number of pyridine rings is 2. The molecule has 0 fully saturated rings. The van der Waals surface area contributed by atoms with E-state index in [0.29, 0.717) is 5.69 Å². The number of hydrogen-bond acceptors (Lipinski definition) is 4. The minimum absolute atomic E-state index is 0.0365. The van der Waals surface area contributed by atoms with Gasteiger partial charge in [-0.2, -0.15) is 0 Å². The van der Waals surface area contributed by atoms with Crippen LogP contribution in [-0.2, 0) is 10.8 Å². The van der Waals surface area contributed by atoms with E-state index >= 15 is 0 Å². The molecule has 3 aromatic carbocycles. The van der Waals surface area contributed by atoms with Crippen LogP contribution in [-0.4, -0.2) is 14.9 Å². The summed E-state index contributed by atoms with van der Waals surface area (Å²) >= 11 is 0. The number of nitro benzene ring substituents is 1. The summed E-state index contributed by atoms with van der Waals surface area (Å²) in [5, 5.41) is 13.8. The van der Waals surface area contributed by atoms with Gasteiger partial charge in [0.25, 0.3) is 5.69 Å². The Kier molecular flexibility index (Phi) is 6.79. The minimum atomic E-state index is -0.360. The van der Waals surface area contributed by atoms with Gasteiger partial charge >= 0.3 is 0 Å². The lowest BCUT2D eigenvalue weighted by atomic mass is 9.79. The third-order valence-corrected chi connectivity index (χ3v) is 7.43. The Hall–Kier alpha value is -4.38. The van der Waals surface area contributed by atoms with Crippen molar-refractivity contribution < 1.29 is 4.92 Å². The van der Waals surface area contributed by atoms with Gasteiger partial charge < -0.3 is 0 Å². The van der Waals surface area contributed by atoms with Crippen molar-refractivity contribution >= 4 is 16.5 Å². The quantitative estimate of drug-likeness (QED) is 0.172. The van der Waals surface area contributed by atoms with Gasteiger partial charge in [-0.1, -0.05) is 90.1 Å². The second-order valence-corrected chi connectivity index (χ2v) is 12.6. The lowest BCUT2D eigenvalue weighted by Crippen LogP contribution is -2.16. The van der Waals surface area contributed by atoms with Crippen LogP contribution in [0, 0.1) is 17.0 Å². The summed E-state index contributed by atoms with van der Waals surface area (Å²) in [4.78, 5) is 21.1. The van der Waals surface area contributed by atoms with Crippen molar-refractivity contribution in [1.82, 2.24) is 9.97 Å². The van der Waals surface area contributed by atoms with E-state index in [0.717, 1.165) is 44.4 Å². The molecular weight excluding hydrogens is 494 g/mol. The molecule has 0 saturated carbocycles. The first-order valence-electron chi connectivity index (χ1n) is 13.6. The number of nitrogens with zero attached hydrogens (tertiary/aromatic N) is 3. The molecule has 0 saturated heterocycles. The van der Waals surface area contributed by atoms with Crippen LogP contribution in [0.1, 0.15) is 58.2 Å². The Morgan fingerprint density at radius 3 is 1.90 bits per heavy atom. The molecule has 0 radical (unpaired) electrons. The molecule has 5 aromatic rings. The predicted molar refractivity (Wildman–Crippen MR) is 165 cm³/mol. The zero-order valence-corrected chi connectivity index (χ0v) is 24.2. The lowest BCUT2D eigenvalue weighted by molar-refractivity contribution is -0.384. The summed E-state index contributed by atoms with van der Waals surface area (Å²) in [5.74, 6) is 0. The average molecular weight is 530 g/mol. The molecule has 0 amide bonds. The van der Waals surface area contributed by atoms with E-state index in [2.05, 4.69) is 77.9 Å². The summed E-state index contributed by atoms with van der Waals surface area (Å²) in [7, 11) is 0. The normalized spacial score (nSPS) is 12.1. The maximum absolute atomic E-state index is 11.6. The zero-order valence-electron chi connectivity index (χ0n) is 24.2. The Bertz CT molecular complexity index is 1730. The molecule has 5 nitrogen and oxygen atoms in total. The molecule has 0 aliphatic rings. The third kappa shape index (κ3) is 5.50. The smallest absolute Gasteiger partial charge is 0.258 e. The first-order chi connectivity index (χ1) is 18.8. The maximum atomic E-state index is 11.6. The highest BCUT2D eigenvalue weighted by atomic mass is 16.6. The second kappa shape index (κ2) is 9.98. The van der Waals surface area contributed by atoms with Crippen LogP contribution >= 0.6 is 0 Å². The number of fused-ring (bicyclic) bond motifs is 1. The fourth-order valence-corrected chi connectivity index (χ4v) is 4.85. The number of nitro groups is 1. The molecule has 0 atom stereocenters. The van der Waals surface area contributed by atoms with Gasteiger partial charge in [-0.15, -0.1) is 0 Å². The summed E-state index contributed by atoms with van der Waals surface area (Å²) in [6.45, 7) is 15.3. The number of non-ortho nitro benzene ring substituents is 1. The number of rotatable bonds is 4. The largest absolute Gasteiger partial charge is 0.270 e. The van der Waals surface area contributed by atoms with Gasteiger partial charge in [0.05, 0.1) is 22.0 Å². The zero-order chi connectivity index (χ0) is 28.8. The van der Waals surface area contributed by atoms with E-state index in [9.17, 15) is 10.1 Å². The highest BCUT2D eigenvalue weighted by molar-refractivity contribution is 5.86. The van der Waals surface area contributed by atoms with Gasteiger partial charge in [-0.25, -0.2) is 4.98 Å². The Balaban J connectivity index is 1.80. The molecule has 0 unspecified atom stereocenters. The van der Waals surface area contributed by atoms with Gasteiger partial charge in [0, 0.05) is 29.3 Å². The van der Waals surface area contributed by atoms with Crippen LogP contribution in [0.2, 0.25) is 0 Å². The van der Waals surface area contributed by atoms with E-state index in [1.807, 2.05) is 37.4 Å². The van der Waals surface area contributed by atoms with Gasteiger partial charge in [0.1, 0.15) is 0 Å². The van der Waals surface area contributed by atoms with Crippen LogP contribution in [0.15, 0.2) is 85.1 Å². The second-order valence-electron chi connectivity index (χ2n) is 12.6. The minimum Gasteiger partial charge on any atom is -0.258 e. The third-order valence-electron chi connectivity index (χ3n) is 7.43. The highest BCUT2D eigenvalue weighted by Gasteiger charge is 2.22. The Labute approximate surface area is 236 Å². The number of benzene rings is 3. The van der Waals surface area contributed by atoms with Crippen LogP contribution in [0.5, 0.6) is 0 Å². The number of aryl methyl sites for hydroxylation is 1. The first kappa shape index (κ1) is 27.2. The van der Waals surface area contributed by atoms with Crippen LogP contribution < -0.4 is 0 Å². The van der Waals surface area contributed by atoms with Crippen LogP contribution in [0.4, 0.5) is 5.69 Å². The summed E-state index contributed by atoms with van der Waals surface area (Å²) in [6.07, 6.45) is 1.87. The standard InChI is InChI=1S/C35H35N3O2/c1-22-12-13-29(38(39)40)20-30(22)31-17-26(25-14-27(34(2,3)4)19-28(15-25)35(5,6)7)18-33(37-31)32-16-23-10-8-9-11-24(23)21-36-32/h8-21H,1-7H3. The molecule has 0 N–H and O–H groups in total. The molecule has 2 aromatic heterocycles. The highest BCUT2D eigenvalue weighted by Crippen LogP contribution is 2.37. The van der Waals surface area contributed by atoms with Gasteiger partial charge in [0.15, 0.2) is 0 Å².